The molecular formula is C25H48O5. The maximum Gasteiger partial charge on any atom is 0.149 e. The highest BCUT2D eigenvalue weighted by molar-refractivity contribution is 4.90. The Hall–Kier alpha value is -0.620. The summed E-state index contributed by atoms with van der Waals surface area (Å²) in [7, 11) is 0. The molecule has 0 aromatic rings. The van der Waals surface area contributed by atoms with Gasteiger partial charge in [0.1, 0.15) is 24.4 Å². The molecule has 1 heterocycles. The predicted octanol–water partition coefficient (Wildman–Crippen LogP) is 5.26. The van der Waals surface area contributed by atoms with Crippen LogP contribution in [0, 0.1) is 0 Å². The molecule has 1 aliphatic rings. The zero-order valence-corrected chi connectivity index (χ0v) is 19.4. The Morgan fingerprint density at radius 2 is 1.37 bits per heavy atom. The van der Waals surface area contributed by atoms with Crippen molar-refractivity contribution in [1.29, 1.82) is 0 Å². The largest absolute Gasteiger partial charge is 0.493 e. The molecule has 1 saturated heterocycles. The summed E-state index contributed by atoms with van der Waals surface area (Å²) in [4.78, 5) is 0. The third kappa shape index (κ3) is 12.9. The molecule has 1 fully saturated rings. The number of aliphatic hydroxyl groups excluding tert-OH is 3. The molecule has 30 heavy (non-hydrogen) atoms. The lowest BCUT2D eigenvalue weighted by molar-refractivity contribution is -0.0689. The van der Waals surface area contributed by atoms with Crippen molar-refractivity contribution in [3.8, 4) is 0 Å². The Morgan fingerprint density at radius 1 is 0.867 bits per heavy atom. The van der Waals surface area contributed by atoms with Gasteiger partial charge in [0.15, 0.2) is 0 Å². The van der Waals surface area contributed by atoms with Crippen LogP contribution >= 0.6 is 0 Å². The first-order chi connectivity index (χ1) is 14.7. The minimum atomic E-state index is -1.07. The van der Waals surface area contributed by atoms with Gasteiger partial charge in [-0.15, -0.1) is 0 Å². The molecule has 0 bridgehead atoms. The van der Waals surface area contributed by atoms with Gasteiger partial charge < -0.3 is 24.8 Å². The molecule has 1 rings (SSSR count). The first-order valence-electron chi connectivity index (χ1n) is 12.6. The summed E-state index contributed by atoms with van der Waals surface area (Å²) in [6.45, 7) is 2.08. The predicted molar refractivity (Wildman–Crippen MR) is 122 cm³/mol. The van der Waals surface area contributed by atoms with Crippen LogP contribution in [-0.4, -0.2) is 52.9 Å². The fraction of sp³-hybridized carbons (Fsp3) is 0.920. The van der Waals surface area contributed by atoms with Gasteiger partial charge in [-0.3, -0.25) is 0 Å². The molecule has 5 nitrogen and oxygen atoms in total. The third-order valence-corrected chi connectivity index (χ3v) is 6.06. The number of hydrogen-bond acceptors (Lipinski definition) is 5. The minimum absolute atomic E-state index is 0.228. The van der Waals surface area contributed by atoms with E-state index in [1.807, 2.05) is 6.08 Å². The summed E-state index contributed by atoms with van der Waals surface area (Å²) in [5.41, 5.74) is 0. The molecule has 0 aromatic carbocycles. The number of ether oxygens (including phenoxy) is 2. The van der Waals surface area contributed by atoms with E-state index < -0.39 is 31.0 Å². The standard InChI is InChI=1S/C25H48O5/c1-2-3-4-5-6-7-8-9-10-11-12-13-14-15-16-17-18-19-29-23-21-30-25(24(23)28)22(27)20-26/h18-19,22-28H,2-17,20-21H2,1H3/b19-18+/t22-,23+,24+,25+/m1/s1. The second-order valence-corrected chi connectivity index (χ2v) is 8.82. The van der Waals surface area contributed by atoms with Gasteiger partial charge in [-0.25, -0.2) is 0 Å². The second kappa shape index (κ2) is 19.1. The van der Waals surface area contributed by atoms with E-state index in [0.717, 1.165) is 12.8 Å². The summed E-state index contributed by atoms with van der Waals surface area (Å²) in [6.07, 6.45) is 21.9. The van der Waals surface area contributed by atoms with Gasteiger partial charge in [0.2, 0.25) is 0 Å². The van der Waals surface area contributed by atoms with Gasteiger partial charge in [0, 0.05) is 0 Å². The quantitative estimate of drug-likeness (QED) is 0.182. The highest BCUT2D eigenvalue weighted by Gasteiger charge is 2.40. The molecule has 1 aliphatic heterocycles. The molecule has 5 heteroatoms. The molecule has 0 unspecified atom stereocenters. The maximum absolute atomic E-state index is 10.0. The van der Waals surface area contributed by atoms with E-state index in [0.29, 0.717) is 0 Å². The lowest BCUT2D eigenvalue weighted by atomic mass is 10.0. The van der Waals surface area contributed by atoms with Crippen LogP contribution in [0.3, 0.4) is 0 Å². The Labute approximate surface area is 184 Å². The molecule has 178 valence electrons. The lowest BCUT2D eigenvalue weighted by Gasteiger charge is -2.20. The molecule has 0 amide bonds. The van der Waals surface area contributed by atoms with Crippen LogP contribution in [0.5, 0.6) is 0 Å². The smallest absolute Gasteiger partial charge is 0.149 e. The van der Waals surface area contributed by atoms with Crippen molar-refractivity contribution >= 4 is 0 Å². The minimum Gasteiger partial charge on any atom is -0.493 e. The maximum atomic E-state index is 10.0. The first kappa shape index (κ1) is 27.4. The van der Waals surface area contributed by atoms with Gasteiger partial charge >= 0.3 is 0 Å². The van der Waals surface area contributed by atoms with E-state index in [9.17, 15) is 10.2 Å². The van der Waals surface area contributed by atoms with E-state index in [1.54, 1.807) is 6.26 Å². The molecule has 4 atom stereocenters. The molecule has 0 spiro atoms. The number of aliphatic hydroxyl groups is 3. The molecule has 0 aliphatic carbocycles. The topological polar surface area (TPSA) is 79.2 Å². The summed E-state index contributed by atoms with van der Waals surface area (Å²) < 4.78 is 10.8. The van der Waals surface area contributed by atoms with Gasteiger partial charge in [0.25, 0.3) is 0 Å². The highest BCUT2D eigenvalue weighted by atomic mass is 16.6. The molecule has 0 radical (unpaired) electrons. The van der Waals surface area contributed by atoms with Gasteiger partial charge in [-0.1, -0.05) is 96.8 Å². The van der Waals surface area contributed by atoms with Crippen molar-refractivity contribution < 1.29 is 24.8 Å². The van der Waals surface area contributed by atoms with E-state index >= 15 is 0 Å². The Morgan fingerprint density at radius 3 is 1.87 bits per heavy atom. The van der Waals surface area contributed by atoms with Crippen molar-refractivity contribution in [2.24, 2.45) is 0 Å². The summed E-state index contributed by atoms with van der Waals surface area (Å²) in [6, 6.07) is 0. The summed E-state index contributed by atoms with van der Waals surface area (Å²) in [5.74, 6) is 0. The summed E-state index contributed by atoms with van der Waals surface area (Å²) in [5, 5.41) is 28.5. The average molecular weight is 429 g/mol. The lowest BCUT2D eigenvalue weighted by Crippen LogP contribution is -2.40. The zero-order valence-electron chi connectivity index (χ0n) is 19.4. The Kier molecular flexibility index (Phi) is 17.4. The normalized spacial score (nSPS) is 22.7. The highest BCUT2D eigenvalue weighted by Crippen LogP contribution is 2.20. The van der Waals surface area contributed by atoms with Crippen LogP contribution in [0.25, 0.3) is 0 Å². The fourth-order valence-corrected chi connectivity index (χ4v) is 4.04. The Bertz CT molecular complexity index is 401. The van der Waals surface area contributed by atoms with Crippen LogP contribution in [0.2, 0.25) is 0 Å². The Balaban J connectivity index is 1.82. The van der Waals surface area contributed by atoms with E-state index in [1.165, 1.54) is 89.9 Å². The number of rotatable bonds is 20. The summed E-state index contributed by atoms with van der Waals surface area (Å²) >= 11 is 0. The first-order valence-corrected chi connectivity index (χ1v) is 12.6. The van der Waals surface area contributed by atoms with Gasteiger partial charge in [0.05, 0.1) is 19.5 Å². The second-order valence-electron chi connectivity index (χ2n) is 8.82. The molecule has 0 saturated carbocycles. The van der Waals surface area contributed by atoms with Crippen LogP contribution in [0.4, 0.5) is 0 Å². The van der Waals surface area contributed by atoms with Crippen LogP contribution in [0.1, 0.15) is 110 Å². The zero-order chi connectivity index (χ0) is 21.9. The van der Waals surface area contributed by atoms with Crippen molar-refractivity contribution in [1.82, 2.24) is 0 Å². The van der Waals surface area contributed by atoms with Crippen molar-refractivity contribution in [3.63, 3.8) is 0 Å². The monoisotopic (exact) mass is 428 g/mol. The van der Waals surface area contributed by atoms with Crippen molar-refractivity contribution in [2.75, 3.05) is 13.2 Å². The number of allylic oxidation sites excluding steroid dienone is 1. The fourth-order valence-electron chi connectivity index (χ4n) is 4.04. The SMILES string of the molecule is CCCCCCCCCCCCCCCCC/C=C/O[C@H]1CO[C@@H]([C@H](O)CO)[C@H]1O. The van der Waals surface area contributed by atoms with Crippen molar-refractivity contribution in [3.05, 3.63) is 12.3 Å². The van der Waals surface area contributed by atoms with Crippen LogP contribution in [0.15, 0.2) is 12.3 Å². The van der Waals surface area contributed by atoms with Crippen LogP contribution < -0.4 is 0 Å². The van der Waals surface area contributed by atoms with Gasteiger partial charge in [-0.2, -0.15) is 0 Å². The van der Waals surface area contributed by atoms with E-state index in [4.69, 9.17) is 14.6 Å². The third-order valence-electron chi connectivity index (χ3n) is 6.06. The number of hydrogen-bond donors (Lipinski definition) is 3. The average Bonchev–Trinajstić information content (AvgIpc) is 3.12. The molecule has 3 N–H and O–H groups in total. The number of unbranched alkanes of at least 4 members (excludes halogenated alkanes) is 15. The van der Waals surface area contributed by atoms with E-state index in [-0.39, 0.29) is 6.61 Å². The van der Waals surface area contributed by atoms with Crippen LogP contribution in [-0.2, 0) is 9.47 Å². The van der Waals surface area contributed by atoms with Gasteiger partial charge in [-0.05, 0) is 18.9 Å². The molecule has 0 aromatic heterocycles. The molecular weight excluding hydrogens is 380 g/mol. The van der Waals surface area contributed by atoms with Crippen molar-refractivity contribution in [2.45, 2.75) is 134 Å². The van der Waals surface area contributed by atoms with E-state index in [2.05, 4.69) is 6.92 Å².